The number of hydrogen-bond acceptors (Lipinski definition) is 5. The largest absolute Gasteiger partial charge is 0.484 e. The standard InChI is InChI=1S/C20H29N3O4/c1-4-22(5-2)19(25)14-21-10-12-23(13-11-21)20(26)15-27-18-8-6-17(7-9-18)16(3)24/h6-9H,4-5,10-15H2,1-3H3. The highest BCUT2D eigenvalue weighted by molar-refractivity contribution is 5.94. The molecule has 0 aliphatic carbocycles. The number of amides is 2. The van der Waals surface area contributed by atoms with E-state index in [1.807, 2.05) is 18.7 Å². The molecule has 2 amide bonds. The van der Waals surface area contributed by atoms with E-state index in [9.17, 15) is 14.4 Å². The quantitative estimate of drug-likeness (QED) is 0.640. The van der Waals surface area contributed by atoms with E-state index in [0.717, 1.165) is 13.1 Å². The van der Waals surface area contributed by atoms with Gasteiger partial charge in [0, 0.05) is 44.8 Å². The number of benzene rings is 1. The lowest BCUT2D eigenvalue weighted by molar-refractivity contribution is -0.136. The van der Waals surface area contributed by atoms with Crippen molar-refractivity contribution in [1.82, 2.24) is 14.7 Å². The molecule has 27 heavy (non-hydrogen) atoms. The van der Waals surface area contributed by atoms with Gasteiger partial charge in [0.2, 0.25) is 5.91 Å². The van der Waals surface area contributed by atoms with Gasteiger partial charge >= 0.3 is 0 Å². The molecule has 0 radical (unpaired) electrons. The van der Waals surface area contributed by atoms with Gasteiger partial charge in [-0.2, -0.15) is 0 Å². The fourth-order valence-electron chi connectivity index (χ4n) is 3.05. The highest BCUT2D eigenvalue weighted by atomic mass is 16.5. The van der Waals surface area contributed by atoms with Gasteiger partial charge in [-0.15, -0.1) is 0 Å². The fraction of sp³-hybridized carbons (Fsp3) is 0.550. The average molecular weight is 375 g/mol. The predicted octanol–water partition coefficient (Wildman–Crippen LogP) is 1.28. The molecule has 1 saturated heterocycles. The Hall–Kier alpha value is -2.41. The van der Waals surface area contributed by atoms with E-state index < -0.39 is 0 Å². The van der Waals surface area contributed by atoms with Crippen LogP contribution in [0.1, 0.15) is 31.1 Å². The molecule has 7 heteroatoms. The number of likely N-dealkylation sites (N-methyl/N-ethyl adjacent to an activating group) is 1. The van der Waals surface area contributed by atoms with Gasteiger partial charge in [0.25, 0.3) is 5.91 Å². The molecule has 1 fully saturated rings. The smallest absolute Gasteiger partial charge is 0.260 e. The van der Waals surface area contributed by atoms with Crippen molar-refractivity contribution in [2.45, 2.75) is 20.8 Å². The third kappa shape index (κ3) is 6.06. The normalized spacial score (nSPS) is 14.7. The summed E-state index contributed by atoms with van der Waals surface area (Å²) in [6.07, 6.45) is 0. The number of rotatable bonds is 8. The molecule has 0 unspecified atom stereocenters. The molecular formula is C20H29N3O4. The molecule has 7 nitrogen and oxygen atoms in total. The minimum Gasteiger partial charge on any atom is -0.484 e. The van der Waals surface area contributed by atoms with Crippen molar-refractivity contribution in [3.8, 4) is 5.75 Å². The third-order valence-electron chi connectivity index (χ3n) is 4.82. The number of Topliss-reactive ketones (excluding diaryl/α,β-unsaturated/α-hetero) is 1. The number of carbonyl (C=O) groups is 3. The maximum Gasteiger partial charge on any atom is 0.260 e. The van der Waals surface area contributed by atoms with E-state index in [0.29, 0.717) is 44.0 Å². The highest BCUT2D eigenvalue weighted by Crippen LogP contribution is 2.13. The first kappa shape index (κ1) is 20.9. The Kier molecular flexibility index (Phi) is 7.79. The number of carbonyl (C=O) groups excluding carboxylic acids is 3. The molecule has 0 saturated carbocycles. The summed E-state index contributed by atoms with van der Waals surface area (Å²) in [7, 11) is 0. The Labute approximate surface area is 160 Å². The average Bonchev–Trinajstić information content (AvgIpc) is 2.68. The van der Waals surface area contributed by atoms with Gasteiger partial charge in [0.15, 0.2) is 12.4 Å². The lowest BCUT2D eigenvalue weighted by Gasteiger charge is -2.35. The van der Waals surface area contributed by atoms with Crippen LogP contribution in [0, 0.1) is 0 Å². The molecule has 1 aromatic carbocycles. The maximum absolute atomic E-state index is 12.3. The molecule has 0 aromatic heterocycles. The van der Waals surface area contributed by atoms with Gasteiger partial charge in [0.1, 0.15) is 5.75 Å². The second-order valence-corrected chi connectivity index (χ2v) is 6.59. The first-order valence-electron chi connectivity index (χ1n) is 9.46. The molecule has 148 valence electrons. The van der Waals surface area contributed by atoms with Crippen LogP contribution in [0.2, 0.25) is 0 Å². The minimum absolute atomic E-state index is 0.00465. The van der Waals surface area contributed by atoms with Gasteiger partial charge in [-0.1, -0.05) is 0 Å². The Balaban J connectivity index is 1.74. The Bertz CT molecular complexity index is 648. The van der Waals surface area contributed by atoms with Crippen molar-refractivity contribution >= 4 is 17.6 Å². The van der Waals surface area contributed by atoms with E-state index in [1.165, 1.54) is 6.92 Å². The first-order valence-corrected chi connectivity index (χ1v) is 9.46. The van der Waals surface area contributed by atoms with E-state index in [1.54, 1.807) is 29.2 Å². The number of piperazine rings is 1. The fourth-order valence-corrected chi connectivity index (χ4v) is 3.05. The number of ketones is 1. The van der Waals surface area contributed by atoms with E-state index in [4.69, 9.17) is 4.74 Å². The van der Waals surface area contributed by atoms with Crippen molar-refractivity contribution in [3.63, 3.8) is 0 Å². The van der Waals surface area contributed by atoms with Crippen LogP contribution in [0.3, 0.4) is 0 Å². The summed E-state index contributed by atoms with van der Waals surface area (Å²) in [6, 6.07) is 6.77. The Morgan fingerprint density at radius 3 is 2.11 bits per heavy atom. The van der Waals surface area contributed by atoms with Crippen LogP contribution in [0.15, 0.2) is 24.3 Å². The summed E-state index contributed by atoms with van der Waals surface area (Å²) < 4.78 is 5.53. The monoisotopic (exact) mass is 375 g/mol. The molecule has 1 aromatic rings. The molecule has 1 aliphatic heterocycles. The molecule has 0 bridgehead atoms. The summed E-state index contributed by atoms with van der Waals surface area (Å²) in [5, 5.41) is 0. The number of hydrogen-bond donors (Lipinski definition) is 0. The summed E-state index contributed by atoms with van der Waals surface area (Å²) in [4.78, 5) is 41.4. The lowest BCUT2D eigenvalue weighted by atomic mass is 10.1. The Morgan fingerprint density at radius 2 is 1.59 bits per heavy atom. The summed E-state index contributed by atoms with van der Waals surface area (Å²) in [6.45, 7) is 9.84. The van der Waals surface area contributed by atoms with Gasteiger partial charge in [-0.05, 0) is 45.0 Å². The van der Waals surface area contributed by atoms with Crippen molar-refractivity contribution in [2.24, 2.45) is 0 Å². The van der Waals surface area contributed by atoms with E-state index in [2.05, 4.69) is 4.90 Å². The lowest BCUT2D eigenvalue weighted by Crippen LogP contribution is -2.52. The molecule has 0 N–H and O–H groups in total. The third-order valence-corrected chi connectivity index (χ3v) is 4.82. The van der Waals surface area contributed by atoms with Crippen LogP contribution in [-0.2, 0) is 9.59 Å². The zero-order valence-electron chi connectivity index (χ0n) is 16.4. The van der Waals surface area contributed by atoms with Crippen molar-refractivity contribution < 1.29 is 19.1 Å². The van der Waals surface area contributed by atoms with Gasteiger partial charge in [-0.3, -0.25) is 19.3 Å². The SMILES string of the molecule is CCN(CC)C(=O)CN1CCN(C(=O)COc2ccc(C(C)=O)cc2)CC1. The van der Waals surface area contributed by atoms with Crippen molar-refractivity contribution in [3.05, 3.63) is 29.8 Å². The van der Waals surface area contributed by atoms with Gasteiger partial charge in [-0.25, -0.2) is 0 Å². The topological polar surface area (TPSA) is 70.2 Å². The molecular weight excluding hydrogens is 346 g/mol. The van der Waals surface area contributed by atoms with Crippen molar-refractivity contribution in [2.75, 3.05) is 52.4 Å². The van der Waals surface area contributed by atoms with Gasteiger partial charge in [0.05, 0.1) is 6.54 Å². The molecule has 0 atom stereocenters. The van der Waals surface area contributed by atoms with Gasteiger partial charge < -0.3 is 14.5 Å². The van der Waals surface area contributed by atoms with Crippen LogP contribution in [0.4, 0.5) is 0 Å². The number of nitrogens with zero attached hydrogens (tertiary/aromatic N) is 3. The van der Waals surface area contributed by atoms with E-state index in [-0.39, 0.29) is 24.2 Å². The zero-order chi connectivity index (χ0) is 19.8. The molecule has 2 rings (SSSR count). The van der Waals surface area contributed by atoms with Crippen LogP contribution in [0.25, 0.3) is 0 Å². The van der Waals surface area contributed by atoms with Crippen LogP contribution >= 0.6 is 0 Å². The molecule has 0 spiro atoms. The highest BCUT2D eigenvalue weighted by Gasteiger charge is 2.23. The summed E-state index contributed by atoms with van der Waals surface area (Å²) in [5.74, 6) is 0.629. The van der Waals surface area contributed by atoms with Crippen molar-refractivity contribution in [1.29, 1.82) is 0 Å². The second kappa shape index (κ2) is 10.1. The summed E-state index contributed by atoms with van der Waals surface area (Å²) >= 11 is 0. The van der Waals surface area contributed by atoms with E-state index >= 15 is 0 Å². The molecule has 1 heterocycles. The van der Waals surface area contributed by atoms with Crippen LogP contribution in [0.5, 0.6) is 5.75 Å². The van der Waals surface area contributed by atoms with Crippen LogP contribution < -0.4 is 4.74 Å². The number of ether oxygens (including phenoxy) is 1. The van der Waals surface area contributed by atoms with Crippen LogP contribution in [-0.4, -0.2) is 84.7 Å². The maximum atomic E-state index is 12.3. The Morgan fingerprint density at radius 1 is 1.00 bits per heavy atom. The zero-order valence-corrected chi connectivity index (χ0v) is 16.4. The summed E-state index contributed by atoms with van der Waals surface area (Å²) in [5.41, 5.74) is 0.615. The molecule has 1 aliphatic rings. The first-order chi connectivity index (χ1) is 12.9. The predicted molar refractivity (Wildman–Crippen MR) is 103 cm³/mol. The second-order valence-electron chi connectivity index (χ2n) is 6.59. The minimum atomic E-state index is -0.0691.